The third kappa shape index (κ3) is 3.39. The smallest absolute Gasteiger partial charge is 0.336 e. The quantitative estimate of drug-likeness (QED) is 0.833. The van der Waals surface area contributed by atoms with Crippen LogP contribution < -0.4 is 5.63 Å². The Balaban J connectivity index is 1.84. The Morgan fingerprint density at radius 2 is 2.14 bits per heavy atom. The molecular weight excluding hydrogens is 278 g/mol. The van der Waals surface area contributed by atoms with Gasteiger partial charge in [0.25, 0.3) is 0 Å². The van der Waals surface area contributed by atoms with Gasteiger partial charge in [-0.15, -0.1) is 0 Å². The molecule has 0 spiro atoms. The van der Waals surface area contributed by atoms with Gasteiger partial charge >= 0.3 is 5.63 Å². The number of aliphatic hydroxyl groups excluding tert-OH is 1. The molecule has 2 aromatic rings. The second-order valence-corrected chi connectivity index (χ2v) is 6.38. The van der Waals surface area contributed by atoms with Gasteiger partial charge in [-0.3, -0.25) is 4.90 Å². The molecule has 1 heterocycles. The van der Waals surface area contributed by atoms with E-state index in [2.05, 4.69) is 17.9 Å². The number of fused-ring (bicyclic) bond motifs is 1. The van der Waals surface area contributed by atoms with E-state index in [0.717, 1.165) is 35.8 Å². The van der Waals surface area contributed by atoms with Crippen molar-refractivity contribution in [2.45, 2.75) is 38.8 Å². The Morgan fingerprint density at radius 1 is 1.36 bits per heavy atom. The molecule has 0 radical (unpaired) electrons. The minimum absolute atomic E-state index is 0.261. The van der Waals surface area contributed by atoms with Crippen LogP contribution in [0.25, 0.3) is 11.0 Å². The van der Waals surface area contributed by atoms with Crippen molar-refractivity contribution in [3.63, 3.8) is 0 Å². The molecule has 1 atom stereocenters. The lowest BCUT2D eigenvalue weighted by molar-refractivity contribution is 0.104. The van der Waals surface area contributed by atoms with Crippen molar-refractivity contribution in [1.82, 2.24) is 4.90 Å². The average molecular weight is 301 g/mol. The second kappa shape index (κ2) is 6.23. The molecule has 118 valence electrons. The molecule has 3 rings (SSSR count). The minimum Gasteiger partial charge on any atom is -0.423 e. The number of rotatable bonds is 6. The lowest BCUT2D eigenvalue weighted by atomic mass is 10.1. The average Bonchev–Trinajstić information content (AvgIpc) is 3.30. The van der Waals surface area contributed by atoms with Crippen molar-refractivity contribution >= 4 is 11.0 Å². The maximum absolute atomic E-state index is 11.8. The van der Waals surface area contributed by atoms with Crippen LogP contribution in [0.5, 0.6) is 0 Å². The van der Waals surface area contributed by atoms with Crippen LogP contribution in [0.15, 0.2) is 33.5 Å². The van der Waals surface area contributed by atoms with E-state index in [-0.39, 0.29) is 11.7 Å². The predicted molar refractivity (Wildman–Crippen MR) is 86.9 cm³/mol. The molecule has 4 heteroatoms. The molecule has 1 unspecified atom stereocenters. The van der Waals surface area contributed by atoms with E-state index in [9.17, 15) is 9.90 Å². The first-order valence-corrected chi connectivity index (χ1v) is 7.99. The van der Waals surface area contributed by atoms with E-state index in [4.69, 9.17) is 4.42 Å². The summed E-state index contributed by atoms with van der Waals surface area (Å²) in [4.78, 5) is 13.9. The molecule has 0 aliphatic heterocycles. The first kappa shape index (κ1) is 15.3. The Kier molecular flexibility index (Phi) is 4.32. The van der Waals surface area contributed by atoms with Gasteiger partial charge in [-0.1, -0.05) is 19.1 Å². The molecule has 4 nitrogen and oxygen atoms in total. The first-order valence-electron chi connectivity index (χ1n) is 7.99. The van der Waals surface area contributed by atoms with E-state index in [1.165, 1.54) is 0 Å². The van der Waals surface area contributed by atoms with Crippen LogP contribution in [0.3, 0.4) is 0 Å². The summed E-state index contributed by atoms with van der Waals surface area (Å²) in [5.41, 5.74) is 2.45. The number of hydrogen-bond acceptors (Lipinski definition) is 4. The zero-order valence-corrected chi connectivity index (χ0v) is 13.2. The highest BCUT2D eigenvalue weighted by molar-refractivity contribution is 5.80. The lowest BCUT2D eigenvalue weighted by Gasteiger charge is -2.21. The zero-order chi connectivity index (χ0) is 15.7. The van der Waals surface area contributed by atoms with E-state index in [1.807, 2.05) is 19.2 Å². The Morgan fingerprint density at radius 3 is 2.82 bits per heavy atom. The summed E-state index contributed by atoms with van der Waals surface area (Å²) in [7, 11) is 1.98. The van der Waals surface area contributed by atoms with Gasteiger partial charge in [0.05, 0.1) is 6.10 Å². The molecule has 1 fully saturated rings. The number of hydrogen-bond donors (Lipinski definition) is 1. The zero-order valence-electron chi connectivity index (χ0n) is 13.2. The van der Waals surface area contributed by atoms with E-state index in [1.54, 1.807) is 6.07 Å². The summed E-state index contributed by atoms with van der Waals surface area (Å²) in [6.45, 7) is 3.35. The highest BCUT2D eigenvalue weighted by Crippen LogP contribution is 2.33. The van der Waals surface area contributed by atoms with Crippen molar-refractivity contribution in [3.8, 4) is 0 Å². The van der Waals surface area contributed by atoms with Crippen molar-refractivity contribution in [2.75, 3.05) is 13.6 Å². The molecular formula is C18H23NO3. The van der Waals surface area contributed by atoms with Crippen LogP contribution in [-0.4, -0.2) is 29.7 Å². The molecule has 0 bridgehead atoms. The normalized spacial score (nSPS) is 16.4. The summed E-state index contributed by atoms with van der Waals surface area (Å²) < 4.78 is 5.33. The van der Waals surface area contributed by atoms with E-state index in [0.29, 0.717) is 24.6 Å². The van der Waals surface area contributed by atoms with Gasteiger partial charge in [0.1, 0.15) is 5.58 Å². The fourth-order valence-electron chi connectivity index (χ4n) is 2.93. The lowest BCUT2D eigenvalue weighted by Crippen LogP contribution is -2.30. The highest BCUT2D eigenvalue weighted by Gasteiger charge is 2.30. The maximum atomic E-state index is 11.8. The molecule has 1 aliphatic rings. The molecule has 1 aromatic heterocycles. The molecule has 1 aliphatic carbocycles. The number of benzene rings is 1. The molecule has 22 heavy (non-hydrogen) atoms. The van der Waals surface area contributed by atoms with Crippen molar-refractivity contribution in [1.29, 1.82) is 0 Å². The van der Waals surface area contributed by atoms with Crippen LogP contribution in [0.1, 0.15) is 30.9 Å². The Labute approximate surface area is 130 Å². The molecule has 0 saturated heterocycles. The van der Waals surface area contributed by atoms with Gasteiger partial charge in [-0.2, -0.15) is 0 Å². The first-order chi connectivity index (χ1) is 10.6. The van der Waals surface area contributed by atoms with Gasteiger partial charge in [-0.05, 0) is 49.4 Å². The van der Waals surface area contributed by atoms with Crippen molar-refractivity contribution in [2.24, 2.45) is 5.92 Å². The summed E-state index contributed by atoms with van der Waals surface area (Å²) in [5, 5.41) is 11.0. The van der Waals surface area contributed by atoms with Crippen LogP contribution >= 0.6 is 0 Å². The topological polar surface area (TPSA) is 53.7 Å². The Hall–Kier alpha value is -1.65. The van der Waals surface area contributed by atoms with Gasteiger partial charge in [0, 0.05) is 24.5 Å². The second-order valence-electron chi connectivity index (χ2n) is 6.38. The third-order valence-electron chi connectivity index (χ3n) is 4.41. The predicted octanol–water partition coefficient (Wildman–Crippen LogP) is 2.56. The monoisotopic (exact) mass is 301 g/mol. The number of aryl methyl sites for hydroxylation is 1. The highest BCUT2D eigenvalue weighted by atomic mass is 16.4. The maximum Gasteiger partial charge on any atom is 0.336 e. The SMILES string of the molecule is CCc1ccc2c(CN(C)CC(O)C3CC3)cc(=O)oc2c1. The third-order valence-corrected chi connectivity index (χ3v) is 4.41. The molecule has 1 saturated carbocycles. The van der Waals surface area contributed by atoms with Crippen LogP contribution in [0.2, 0.25) is 0 Å². The van der Waals surface area contributed by atoms with Crippen LogP contribution in [0.4, 0.5) is 0 Å². The van der Waals surface area contributed by atoms with E-state index < -0.39 is 0 Å². The van der Waals surface area contributed by atoms with Crippen molar-refractivity contribution < 1.29 is 9.52 Å². The summed E-state index contributed by atoms with van der Waals surface area (Å²) in [6.07, 6.45) is 2.92. The molecule has 1 aromatic carbocycles. The van der Waals surface area contributed by atoms with Gasteiger partial charge in [0.2, 0.25) is 0 Å². The number of nitrogens with zero attached hydrogens (tertiary/aromatic N) is 1. The van der Waals surface area contributed by atoms with Gasteiger partial charge < -0.3 is 9.52 Å². The van der Waals surface area contributed by atoms with E-state index >= 15 is 0 Å². The van der Waals surface area contributed by atoms with Gasteiger partial charge in [0.15, 0.2) is 0 Å². The summed E-state index contributed by atoms with van der Waals surface area (Å²) in [5.74, 6) is 0.465. The largest absolute Gasteiger partial charge is 0.423 e. The minimum atomic E-state index is -0.313. The molecule has 0 amide bonds. The van der Waals surface area contributed by atoms with Gasteiger partial charge in [-0.25, -0.2) is 4.79 Å². The Bertz CT molecular complexity index is 718. The van der Waals surface area contributed by atoms with Crippen LogP contribution in [-0.2, 0) is 13.0 Å². The van der Waals surface area contributed by atoms with Crippen molar-refractivity contribution in [3.05, 3.63) is 45.8 Å². The van der Waals surface area contributed by atoms with Crippen LogP contribution in [0, 0.1) is 5.92 Å². The standard InChI is InChI=1S/C18H23NO3/c1-3-12-4-7-15-14(9-18(21)22-17(15)8-12)10-19(2)11-16(20)13-5-6-13/h4,7-9,13,16,20H,3,5-6,10-11H2,1-2H3. The number of likely N-dealkylation sites (N-methyl/N-ethyl adjacent to an activating group) is 1. The number of aliphatic hydroxyl groups is 1. The summed E-state index contributed by atoms with van der Waals surface area (Å²) >= 11 is 0. The fraction of sp³-hybridized carbons (Fsp3) is 0.500. The summed E-state index contributed by atoms with van der Waals surface area (Å²) in [6, 6.07) is 7.61. The fourth-order valence-corrected chi connectivity index (χ4v) is 2.93. The molecule has 1 N–H and O–H groups in total.